The predicted molar refractivity (Wildman–Crippen MR) is 57.0 cm³/mol. The lowest BCUT2D eigenvalue weighted by Gasteiger charge is -2.16. The molecule has 0 aliphatic heterocycles. The summed E-state index contributed by atoms with van der Waals surface area (Å²) < 4.78 is 7.58. The van der Waals surface area contributed by atoms with Crippen LogP contribution in [0.5, 0.6) is 5.88 Å². The predicted octanol–water partition coefficient (Wildman–Crippen LogP) is 0.383. The number of rotatable bonds is 2. The summed E-state index contributed by atoms with van der Waals surface area (Å²) in [6, 6.07) is 0.102. The third-order valence-electron chi connectivity index (χ3n) is 2.95. The maximum absolute atomic E-state index is 5.95. The van der Waals surface area contributed by atoms with Gasteiger partial charge in [-0.2, -0.15) is 0 Å². The van der Waals surface area contributed by atoms with Gasteiger partial charge in [0.25, 0.3) is 5.88 Å². The third-order valence-corrected chi connectivity index (χ3v) is 2.95. The van der Waals surface area contributed by atoms with Crippen LogP contribution in [0.2, 0.25) is 0 Å². The van der Waals surface area contributed by atoms with E-state index in [1.54, 1.807) is 23.1 Å². The summed E-state index contributed by atoms with van der Waals surface area (Å²) in [7, 11) is 0. The standard InChI is InChI=1S/C10H13N5O/c11-7-2-1-3-8(7)16-10-9-14-13-6-15(9)5-4-12-10/h4-8H,1-3,11H2. The molecular formula is C10H13N5O. The molecule has 0 aromatic carbocycles. The summed E-state index contributed by atoms with van der Waals surface area (Å²) >= 11 is 0. The molecule has 1 fully saturated rings. The Hall–Kier alpha value is -1.69. The zero-order valence-electron chi connectivity index (χ0n) is 8.78. The Morgan fingerprint density at radius 1 is 1.44 bits per heavy atom. The van der Waals surface area contributed by atoms with Crippen molar-refractivity contribution in [2.75, 3.05) is 0 Å². The summed E-state index contributed by atoms with van der Waals surface area (Å²) in [6.45, 7) is 0. The maximum Gasteiger partial charge on any atom is 0.260 e. The van der Waals surface area contributed by atoms with Gasteiger partial charge in [-0.1, -0.05) is 0 Å². The fraction of sp³-hybridized carbons (Fsp3) is 0.500. The first kappa shape index (κ1) is 9.53. The highest BCUT2D eigenvalue weighted by molar-refractivity contribution is 5.47. The van der Waals surface area contributed by atoms with Gasteiger partial charge in [-0.05, 0) is 19.3 Å². The van der Waals surface area contributed by atoms with E-state index in [4.69, 9.17) is 10.5 Å². The van der Waals surface area contributed by atoms with Crippen LogP contribution in [0.4, 0.5) is 0 Å². The summed E-state index contributed by atoms with van der Waals surface area (Å²) in [5, 5.41) is 7.79. The zero-order chi connectivity index (χ0) is 11.0. The molecule has 0 spiro atoms. The van der Waals surface area contributed by atoms with E-state index >= 15 is 0 Å². The summed E-state index contributed by atoms with van der Waals surface area (Å²) in [5.41, 5.74) is 6.59. The van der Waals surface area contributed by atoms with Gasteiger partial charge in [0.05, 0.1) is 0 Å². The zero-order valence-corrected chi connectivity index (χ0v) is 8.78. The average Bonchev–Trinajstić information content (AvgIpc) is 2.89. The third kappa shape index (κ3) is 1.51. The minimum atomic E-state index is 0.0513. The van der Waals surface area contributed by atoms with Crippen LogP contribution in [-0.2, 0) is 0 Å². The molecule has 0 bridgehead atoms. The van der Waals surface area contributed by atoms with E-state index in [0.717, 1.165) is 19.3 Å². The molecule has 2 aromatic rings. The van der Waals surface area contributed by atoms with Crippen LogP contribution in [0.1, 0.15) is 19.3 Å². The van der Waals surface area contributed by atoms with E-state index < -0.39 is 0 Å². The first-order chi connectivity index (χ1) is 7.84. The molecule has 1 aliphatic rings. The van der Waals surface area contributed by atoms with Gasteiger partial charge in [0, 0.05) is 18.4 Å². The smallest absolute Gasteiger partial charge is 0.260 e. The molecule has 3 rings (SSSR count). The van der Waals surface area contributed by atoms with E-state index in [2.05, 4.69) is 15.2 Å². The average molecular weight is 219 g/mol. The molecule has 0 radical (unpaired) electrons. The van der Waals surface area contributed by atoms with Gasteiger partial charge in [0.15, 0.2) is 0 Å². The first-order valence-electron chi connectivity index (χ1n) is 5.41. The van der Waals surface area contributed by atoms with Crippen molar-refractivity contribution in [1.82, 2.24) is 19.6 Å². The maximum atomic E-state index is 5.95. The highest BCUT2D eigenvalue weighted by Gasteiger charge is 2.26. The molecule has 0 saturated heterocycles. The van der Waals surface area contributed by atoms with Crippen LogP contribution in [0.15, 0.2) is 18.7 Å². The van der Waals surface area contributed by atoms with Crippen molar-refractivity contribution in [2.24, 2.45) is 5.73 Å². The Balaban J connectivity index is 1.91. The van der Waals surface area contributed by atoms with Crippen molar-refractivity contribution in [1.29, 1.82) is 0 Å². The van der Waals surface area contributed by atoms with E-state index in [9.17, 15) is 0 Å². The van der Waals surface area contributed by atoms with Crippen molar-refractivity contribution in [3.05, 3.63) is 18.7 Å². The van der Waals surface area contributed by atoms with E-state index in [-0.39, 0.29) is 12.1 Å². The van der Waals surface area contributed by atoms with Crippen molar-refractivity contribution in [3.63, 3.8) is 0 Å². The van der Waals surface area contributed by atoms with Crippen LogP contribution < -0.4 is 10.5 Å². The van der Waals surface area contributed by atoms with Crippen LogP contribution in [0.25, 0.3) is 5.65 Å². The molecule has 6 heteroatoms. The van der Waals surface area contributed by atoms with Gasteiger partial charge in [-0.25, -0.2) is 4.98 Å². The van der Waals surface area contributed by atoms with Crippen molar-refractivity contribution >= 4 is 5.65 Å². The molecule has 2 N–H and O–H groups in total. The Kier molecular flexibility index (Phi) is 2.21. The Morgan fingerprint density at radius 3 is 3.19 bits per heavy atom. The molecule has 1 aliphatic carbocycles. The lowest BCUT2D eigenvalue weighted by Crippen LogP contribution is -2.33. The second-order valence-electron chi connectivity index (χ2n) is 4.05. The van der Waals surface area contributed by atoms with Crippen LogP contribution in [0.3, 0.4) is 0 Å². The molecule has 2 unspecified atom stereocenters. The van der Waals surface area contributed by atoms with Crippen LogP contribution in [0, 0.1) is 0 Å². The lowest BCUT2D eigenvalue weighted by molar-refractivity contribution is 0.185. The fourth-order valence-corrected chi connectivity index (χ4v) is 2.06. The van der Waals surface area contributed by atoms with Gasteiger partial charge in [0.1, 0.15) is 12.4 Å². The monoisotopic (exact) mass is 219 g/mol. The molecule has 2 aromatic heterocycles. The topological polar surface area (TPSA) is 78.3 Å². The highest BCUT2D eigenvalue weighted by atomic mass is 16.5. The number of fused-ring (bicyclic) bond motifs is 1. The fourth-order valence-electron chi connectivity index (χ4n) is 2.06. The summed E-state index contributed by atoms with van der Waals surface area (Å²) in [4.78, 5) is 4.18. The van der Waals surface area contributed by atoms with Gasteiger partial charge < -0.3 is 10.5 Å². The molecule has 84 valence electrons. The first-order valence-corrected chi connectivity index (χ1v) is 5.41. The minimum absolute atomic E-state index is 0.0513. The number of nitrogens with two attached hydrogens (primary N) is 1. The lowest BCUT2D eigenvalue weighted by atomic mass is 10.2. The van der Waals surface area contributed by atoms with Gasteiger partial charge in [-0.3, -0.25) is 4.40 Å². The molecule has 1 saturated carbocycles. The minimum Gasteiger partial charge on any atom is -0.470 e. The quantitative estimate of drug-likeness (QED) is 0.790. The van der Waals surface area contributed by atoms with Gasteiger partial charge in [-0.15, -0.1) is 10.2 Å². The summed E-state index contributed by atoms with van der Waals surface area (Å²) in [5.74, 6) is 0.516. The van der Waals surface area contributed by atoms with Crippen molar-refractivity contribution in [3.8, 4) is 5.88 Å². The molecule has 6 nitrogen and oxygen atoms in total. The Labute approximate surface area is 92.4 Å². The number of aromatic nitrogens is 4. The highest BCUT2D eigenvalue weighted by Crippen LogP contribution is 2.23. The SMILES string of the molecule is NC1CCCC1Oc1nccn2cnnc12. The second kappa shape index (κ2) is 3.71. The van der Waals surface area contributed by atoms with Gasteiger partial charge >= 0.3 is 0 Å². The molecular weight excluding hydrogens is 206 g/mol. The van der Waals surface area contributed by atoms with E-state index in [0.29, 0.717) is 11.5 Å². The van der Waals surface area contributed by atoms with Crippen LogP contribution in [-0.4, -0.2) is 31.7 Å². The molecule has 2 atom stereocenters. The number of ether oxygens (including phenoxy) is 1. The number of nitrogens with zero attached hydrogens (tertiary/aromatic N) is 4. The summed E-state index contributed by atoms with van der Waals surface area (Å²) in [6.07, 6.45) is 8.25. The Morgan fingerprint density at radius 2 is 2.38 bits per heavy atom. The van der Waals surface area contributed by atoms with Crippen molar-refractivity contribution < 1.29 is 4.74 Å². The second-order valence-corrected chi connectivity index (χ2v) is 4.05. The largest absolute Gasteiger partial charge is 0.470 e. The molecule has 2 heterocycles. The molecule has 16 heavy (non-hydrogen) atoms. The van der Waals surface area contributed by atoms with E-state index in [1.165, 1.54) is 0 Å². The van der Waals surface area contributed by atoms with Crippen LogP contribution >= 0.6 is 0 Å². The van der Waals surface area contributed by atoms with E-state index in [1.807, 2.05) is 0 Å². The van der Waals surface area contributed by atoms with Gasteiger partial charge in [0.2, 0.25) is 5.65 Å². The number of hydrogen-bond donors (Lipinski definition) is 1. The normalized spacial score (nSPS) is 25.1. The van der Waals surface area contributed by atoms with Crippen molar-refractivity contribution in [2.45, 2.75) is 31.4 Å². The number of hydrogen-bond acceptors (Lipinski definition) is 5. The Bertz CT molecular complexity index is 497. The molecule has 0 amide bonds.